The summed E-state index contributed by atoms with van der Waals surface area (Å²) in [6.07, 6.45) is 6.10. The number of carbonyl (C=O) groups is 2. The lowest BCUT2D eigenvalue weighted by Gasteiger charge is -2.40. The Hall–Kier alpha value is -2.47. The first-order chi connectivity index (χ1) is 13.9. The summed E-state index contributed by atoms with van der Waals surface area (Å²) in [4.78, 5) is 32.9. The molecule has 1 atom stereocenters. The van der Waals surface area contributed by atoms with Gasteiger partial charge in [-0.15, -0.1) is 11.3 Å². The summed E-state index contributed by atoms with van der Waals surface area (Å²) in [5.74, 6) is -0.249. The normalized spacial score (nSPS) is 19.5. The van der Waals surface area contributed by atoms with Crippen LogP contribution in [0.25, 0.3) is 6.08 Å². The molecule has 3 rings (SSSR count). The van der Waals surface area contributed by atoms with Gasteiger partial charge < -0.3 is 9.64 Å². The first kappa shape index (κ1) is 21.2. The van der Waals surface area contributed by atoms with Gasteiger partial charge >= 0.3 is 5.97 Å². The summed E-state index contributed by atoms with van der Waals surface area (Å²) in [5.41, 5.74) is 1.14. The van der Waals surface area contributed by atoms with E-state index in [9.17, 15) is 9.59 Å². The number of nitrogens with zero attached hydrogens (tertiary/aromatic N) is 2. The fourth-order valence-corrected chi connectivity index (χ4v) is 4.75. The van der Waals surface area contributed by atoms with E-state index in [1.807, 2.05) is 63.3 Å². The number of carbonyl (C=O) groups excluding carboxylic acids is 2. The molecule has 154 valence electrons. The van der Waals surface area contributed by atoms with Crippen LogP contribution in [-0.4, -0.2) is 41.5 Å². The van der Waals surface area contributed by atoms with Crippen molar-refractivity contribution in [1.82, 2.24) is 9.88 Å². The van der Waals surface area contributed by atoms with Crippen molar-refractivity contribution >= 4 is 29.3 Å². The van der Waals surface area contributed by atoms with Crippen LogP contribution in [0.3, 0.4) is 0 Å². The first-order valence-corrected chi connectivity index (χ1v) is 10.9. The highest BCUT2D eigenvalue weighted by atomic mass is 32.1. The Labute approximate surface area is 176 Å². The number of aryl methyl sites for hydroxylation is 2. The Kier molecular flexibility index (Phi) is 6.85. The Morgan fingerprint density at radius 1 is 1.28 bits per heavy atom. The van der Waals surface area contributed by atoms with E-state index >= 15 is 0 Å². The third-order valence-corrected chi connectivity index (χ3v) is 6.35. The van der Waals surface area contributed by atoms with Gasteiger partial charge in [-0.2, -0.15) is 0 Å². The predicted molar refractivity (Wildman–Crippen MR) is 116 cm³/mol. The largest absolute Gasteiger partial charge is 0.466 e. The number of rotatable bonds is 6. The van der Waals surface area contributed by atoms with Crippen molar-refractivity contribution in [2.45, 2.75) is 40.0 Å². The van der Waals surface area contributed by atoms with E-state index in [1.165, 1.54) is 11.3 Å². The van der Waals surface area contributed by atoms with Crippen LogP contribution in [0.4, 0.5) is 0 Å². The molecule has 1 aliphatic rings. The number of ether oxygens (including phenoxy) is 1. The lowest BCUT2D eigenvalue weighted by Crippen LogP contribution is -2.50. The molecule has 0 N–H and O–H groups in total. The quantitative estimate of drug-likeness (QED) is 0.648. The Morgan fingerprint density at radius 2 is 2.03 bits per heavy atom. The molecular formula is C23H28N2O3S. The fraction of sp³-hybridized carbons (Fsp3) is 0.435. The van der Waals surface area contributed by atoms with Crippen molar-refractivity contribution in [1.29, 1.82) is 0 Å². The average molecular weight is 413 g/mol. The molecule has 5 nitrogen and oxygen atoms in total. The first-order valence-electron chi connectivity index (χ1n) is 10.1. The lowest BCUT2D eigenvalue weighted by atomic mass is 9.76. The summed E-state index contributed by atoms with van der Waals surface area (Å²) >= 11 is 1.42. The molecule has 0 radical (unpaired) electrons. The van der Waals surface area contributed by atoms with E-state index < -0.39 is 5.41 Å². The molecule has 1 saturated heterocycles. The molecule has 2 aromatic rings. The molecule has 0 spiro atoms. The van der Waals surface area contributed by atoms with E-state index in [0.717, 1.165) is 29.1 Å². The number of piperidine rings is 1. The van der Waals surface area contributed by atoms with Gasteiger partial charge in [-0.1, -0.05) is 42.5 Å². The van der Waals surface area contributed by atoms with E-state index in [0.29, 0.717) is 31.0 Å². The van der Waals surface area contributed by atoms with E-state index in [1.54, 1.807) is 4.90 Å². The minimum atomic E-state index is -0.706. The van der Waals surface area contributed by atoms with Gasteiger partial charge in [-0.3, -0.25) is 9.59 Å². The van der Waals surface area contributed by atoms with Crippen LogP contribution < -0.4 is 0 Å². The van der Waals surface area contributed by atoms with Gasteiger partial charge in [0.1, 0.15) is 4.88 Å². The van der Waals surface area contributed by atoms with Crippen LogP contribution in [0.5, 0.6) is 0 Å². The standard InChI is InChI=1S/C23H28N2O3S/c1-4-28-22(27)23(13-8-12-19-10-6-5-7-11-19)14-9-15-25(16-23)21(26)20-17(2)24-18(3)29-20/h5-8,10-12H,4,9,13-16H2,1-3H3. The van der Waals surface area contributed by atoms with Crippen LogP contribution in [-0.2, 0) is 9.53 Å². The van der Waals surface area contributed by atoms with Gasteiger partial charge in [-0.05, 0) is 45.6 Å². The Bertz CT molecular complexity index is 891. The van der Waals surface area contributed by atoms with Crippen molar-refractivity contribution in [2.75, 3.05) is 19.7 Å². The van der Waals surface area contributed by atoms with Crippen LogP contribution in [0.1, 0.15) is 52.1 Å². The smallest absolute Gasteiger partial charge is 0.314 e. The summed E-state index contributed by atoms with van der Waals surface area (Å²) < 4.78 is 5.43. The number of aromatic nitrogens is 1. The number of esters is 1. The van der Waals surface area contributed by atoms with Gasteiger partial charge in [0.2, 0.25) is 0 Å². The minimum absolute atomic E-state index is 0.0338. The number of benzene rings is 1. The lowest BCUT2D eigenvalue weighted by molar-refractivity contribution is -0.158. The summed E-state index contributed by atoms with van der Waals surface area (Å²) in [6, 6.07) is 10.0. The predicted octanol–water partition coefficient (Wildman–Crippen LogP) is 4.65. The highest BCUT2D eigenvalue weighted by molar-refractivity contribution is 7.13. The maximum absolute atomic E-state index is 13.1. The topological polar surface area (TPSA) is 59.5 Å². The number of amides is 1. The van der Waals surface area contributed by atoms with Crippen LogP contribution >= 0.6 is 11.3 Å². The number of hydrogen-bond acceptors (Lipinski definition) is 5. The summed E-state index contributed by atoms with van der Waals surface area (Å²) in [5, 5.41) is 0.880. The number of thiazole rings is 1. The molecular weight excluding hydrogens is 384 g/mol. The Balaban J connectivity index is 1.81. The van der Waals surface area contributed by atoms with E-state index in [2.05, 4.69) is 4.98 Å². The zero-order valence-electron chi connectivity index (χ0n) is 17.3. The molecule has 0 saturated carbocycles. The van der Waals surface area contributed by atoms with Crippen molar-refractivity contribution in [3.63, 3.8) is 0 Å². The zero-order valence-corrected chi connectivity index (χ0v) is 18.1. The van der Waals surface area contributed by atoms with Gasteiger partial charge in [0, 0.05) is 13.1 Å². The molecule has 1 fully saturated rings. The molecule has 0 aliphatic carbocycles. The maximum atomic E-state index is 13.1. The second kappa shape index (κ2) is 9.35. The molecule has 1 aliphatic heterocycles. The van der Waals surface area contributed by atoms with E-state index in [-0.39, 0.29) is 11.9 Å². The molecule has 6 heteroatoms. The van der Waals surface area contributed by atoms with Gasteiger partial charge in [-0.25, -0.2) is 4.98 Å². The van der Waals surface area contributed by atoms with Crippen LogP contribution in [0, 0.1) is 19.3 Å². The number of hydrogen-bond donors (Lipinski definition) is 0. The maximum Gasteiger partial charge on any atom is 0.314 e. The summed E-state index contributed by atoms with van der Waals surface area (Å²) in [7, 11) is 0. The molecule has 0 bridgehead atoms. The SMILES string of the molecule is CCOC(=O)C1(CC=Cc2ccccc2)CCCN(C(=O)c2sc(C)nc2C)C1. The van der Waals surface area contributed by atoms with Gasteiger partial charge in [0.15, 0.2) is 0 Å². The Morgan fingerprint density at radius 3 is 2.69 bits per heavy atom. The number of allylic oxidation sites excluding steroid dienone is 1. The molecule has 1 aromatic heterocycles. The zero-order chi connectivity index (χ0) is 20.9. The second-order valence-corrected chi connectivity index (χ2v) is 8.70. The van der Waals surface area contributed by atoms with Crippen molar-refractivity contribution in [3.05, 3.63) is 57.6 Å². The van der Waals surface area contributed by atoms with Gasteiger partial charge in [0.25, 0.3) is 5.91 Å². The monoisotopic (exact) mass is 412 g/mol. The second-order valence-electron chi connectivity index (χ2n) is 7.50. The molecule has 2 heterocycles. The highest BCUT2D eigenvalue weighted by Crippen LogP contribution is 2.37. The number of likely N-dealkylation sites (tertiary alicyclic amines) is 1. The average Bonchev–Trinajstić information content (AvgIpc) is 3.06. The van der Waals surface area contributed by atoms with Crippen molar-refractivity contribution in [2.24, 2.45) is 5.41 Å². The van der Waals surface area contributed by atoms with Crippen LogP contribution in [0.15, 0.2) is 36.4 Å². The van der Waals surface area contributed by atoms with E-state index in [4.69, 9.17) is 4.74 Å². The molecule has 1 unspecified atom stereocenters. The highest BCUT2D eigenvalue weighted by Gasteiger charge is 2.44. The minimum Gasteiger partial charge on any atom is -0.466 e. The third kappa shape index (κ3) is 4.93. The van der Waals surface area contributed by atoms with Crippen molar-refractivity contribution < 1.29 is 14.3 Å². The van der Waals surface area contributed by atoms with Gasteiger partial charge in [0.05, 0.1) is 22.7 Å². The fourth-order valence-electron chi connectivity index (χ4n) is 3.86. The van der Waals surface area contributed by atoms with Crippen molar-refractivity contribution in [3.8, 4) is 0 Å². The third-order valence-electron chi connectivity index (χ3n) is 5.29. The molecule has 1 aromatic carbocycles. The van der Waals surface area contributed by atoms with Crippen LogP contribution in [0.2, 0.25) is 0 Å². The molecule has 1 amide bonds. The molecule has 29 heavy (non-hydrogen) atoms. The summed E-state index contributed by atoms with van der Waals surface area (Å²) in [6.45, 7) is 6.95.